The highest BCUT2D eigenvalue weighted by Crippen LogP contribution is 2.38. The van der Waals surface area contributed by atoms with Crippen LogP contribution >= 0.6 is 12.4 Å². The van der Waals surface area contributed by atoms with E-state index in [-0.39, 0.29) is 42.3 Å². The minimum absolute atomic E-state index is 0. The number of piperazine rings is 1. The van der Waals surface area contributed by atoms with Gasteiger partial charge < -0.3 is 25.4 Å². The summed E-state index contributed by atoms with van der Waals surface area (Å²) < 4.78 is 16.4. The number of fused-ring (bicyclic) bond motifs is 1. The fourth-order valence-corrected chi connectivity index (χ4v) is 3.31. The van der Waals surface area contributed by atoms with Crippen LogP contribution in [-0.4, -0.2) is 47.3 Å². The number of carbonyl (C=O) groups is 1. The number of pyridine rings is 1. The first kappa shape index (κ1) is 22.9. The van der Waals surface area contributed by atoms with Crippen LogP contribution in [0.25, 0.3) is 10.9 Å². The maximum atomic E-state index is 14.6. The van der Waals surface area contributed by atoms with E-state index in [9.17, 15) is 19.1 Å². The molecular formula is C18H25ClFN3O4. The zero-order chi connectivity index (χ0) is 16.8. The highest BCUT2D eigenvalue weighted by Gasteiger charge is 2.28. The quantitative estimate of drug-likeness (QED) is 0.815. The van der Waals surface area contributed by atoms with Crippen LogP contribution < -0.4 is 15.6 Å². The van der Waals surface area contributed by atoms with Crippen LogP contribution in [0.3, 0.4) is 0 Å². The van der Waals surface area contributed by atoms with Crippen LogP contribution in [0.1, 0.15) is 36.7 Å². The summed E-state index contributed by atoms with van der Waals surface area (Å²) in [6.45, 7) is 2.96. The Balaban J connectivity index is 0.00000121. The van der Waals surface area contributed by atoms with Gasteiger partial charge in [-0.1, -0.05) is 7.43 Å². The van der Waals surface area contributed by atoms with E-state index in [1.165, 1.54) is 12.3 Å². The number of anilines is 1. The van der Waals surface area contributed by atoms with Crippen molar-refractivity contribution in [3.63, 3.8) is 0 Å². The molecule has 0 bridgehead atoms. The lowest BCUT2D eigenvalue weighted by atomic mass is 10.1. The molecule has 0 spiro atoms. The van der Waals surface area contributed by atoms with E-state index in [2.05, 4.69) is 5.32 Å². The zero-order valence-electron chi connectivity index (χ0n) is 14.0. The number of benzene rings is 1. The van der Waals surface area contributed by atoms with Crippen LogP contribution in [0.15, 0.2) is 23.1 Å². The van der Waals surface area contributed by atoms with E-state index < -0.39 is 17.2 Å². The van der Waals surface area contributed by atoms with Crippen molar-refractivity contribution >= 4 is 35.0 Å². The Bertz CT molecular complexity index is 892. The summed E-state index contributed by atoms with van der Waals surface area (Å²) in [5.74, 6) is -1.76. The summed E-state index contributed by atoms with van der Waals surface area (Å²) in [7, 11) is 0. The van der Waals surface area contributed by atoms with Crippen molar-refractivity contribution in [3.05, 3.63) is 39.9 Å². The number of aromatic nitrogens is 1. The molecule has 9 heteroatoms. The SMILES string of the molecule is C.Cl.O.O=C(O)c1cn(C2CC2)c2cc(N3CCNCC3)c(F)cc2c1=O. The van der Waals surface area contributed by atoms with Crippen molar-refractivity contribution in [1.29, 1.82) is 0 Å². The maximum absolute atomic E-state index is 14.6. The van der Waals surface area contributed by atoms with Gasteiger partial charge in [-0.05, 0) is 25.0 Å². The minimum Gasteiger partial charge on any atom is -0.477 e. The molecule has 2 aromatic rings. The first-order chi connectivity index (χ1) is 11.6. The predicted octanol–water partition coefficient (Wildman–Crippen LogP) is 1.82. The molecule has 1 saturated carbocycles. The Morgan fingerprint density at radius 2 is 1.85 bits per heavy atom. The molecule has 2 aliphatic rings. The molecule has 1 aromatic carbocycles. The molecule has 0 radical (unpaired) electrons. The Morgan fingerprint density at radius 1 is 1.22 bits per heavy atom. The molecule has 1 aromatic heterocycles. The van der Waals surface area contributed by atoms with Gasteiger partial charge in [0.2, 0.25) is 5.43 Å². The first-order valence-electron chi connectivity index (χ1n) is 8.13. The Morgan fingerprint density at radius 3 is 2.41 bits per heavy atom. The molecule has 1 aliphatic carbocycles. The molecule has 2 heterocycles. The van der Waals surface area contributed by atoms with Gasteiger partial charge in [0.05, 0.1) is 11.2 Å². The average molecular weight is 402 g/mol. The summed E-state index contributed by atoms with van der Waals surface area (Å²) in [6.07, 6.45) is 3.29. The lowest BCUT2D eigenvalue weighted by Crippen LogP contribution is -2.43. The molecule has 0 amide bonds. The summed E-state index contributed by atoms with van der Waals surface area (Å²) in [5.41, 5.74) is 0.159. The predicted molar refractivity (Wildman–Crippen MR) is 106 cm³/mol. The number of hydrogen-bond acceptors (Lipinski definition) is 4. The molecule has 150 valence electrons. The molecule has 1 saturated heterocycles. The lowest BCUT2D eigenvalue weighted by molar-refractivity contribution is 0.0695. The molecule has 27 heavy (non-hydrogen) atoms. The topological polar surface area (TPSA) is 106 Å². The standard InChI is InChI=1S/C17H18FN3O3.CH4.ClH.H2O/c18-13-7-11-14(8-15(13)20-5-3-19-4-6-20)21(10-1-2-10)9-12(16(11)22)17(23)24;;;/h7-10,19H,1-6H2,(H,23,24);1H4;1H;1H2. The van der Waals surface area contributed by atoms with E-state index in [1.54, 1.807) is 6.07 Å². The van der Waals surface area contributed by atoms with Crippen LogP contribution in [0, 0.1) is 5.82 Å². The number of aromatic carboxylic acids is 1. The summed E-state index contributed by atoms with van der Waals surface area (Å²) in [5, 5.41) is 12.6. The van der Waals surface area contributed by atoms with Crippen molar-refractivity contribution < 1.29 is 19.8 Å². The molecule has 0 unspecified atom stereocenters. The van der Waals surface area contributed by atoms with Gasteiger partial charge in [0.15, 0.2) is 0 Å². The molecule has 2 fully saturated rings. The van der Waals surface area contributed by atoms with Crippen LogP contribution in [0.4, 0.5) is 10.1 Å². The molecule has 4 rings (SSSR count). The number of halogens is 2. The average Bonchev–Trinajstić information content (AvgIpc) is 3.40. The summed E-state index contributed by atoms with van der Waals surface area (Å²) in [6, 6.07) is 3.08. The third kappa shape index (κ3) is 4.07. The number of hydrogen-bond donors (Lipinski definition) is 2. The second kappa shape index (κ2) is 8.69. The number of rotatable bonds is 3. The Labute approximate surface area is 162 Å². The molecular weight excluding hydrogens is 377 g/mol. The number of nitrogens with one attached hydrogen (secondary N) is 1. The van der Waals surface area contributed by atoms with Gasteiger partial charge in [-0.25, -0.2) is 9.18 Å². The minimum atomic E-state index is -1.28. The van der Waals surface area contributed by atoms with Gasteiger partial charge in [0, 0.05) is 43.8 Å². The van der Waals surface area contributed by atoms with E-state index in [0.29, 0.717) is 24.3 Å². The smallest absolute Gasteiger partial charge is 0.341 e. The number of carboxylic acids is 1. The third-order valence-corrected chi connectivity index (χ3v) is 4.73. The second-order valence-corrected chi connectivity index (χ2v) is 6.37. The zero-order valence-corrected chi connectivity index (χ0v) is 14.8. The third-order valence-electron chi connectivity index (χ3n) is 4.73. The number of carboxylic acid groups (broad SMARTS) is 1. The fourth-order valence-electron chi connectivity index (χ4n) is 3.31. The highest BCUT2D eigenvalue weighted by molar-refractivity contribution is 5.93. The Kier molecular flexibility index (Phi) is 7.36. The second-order valence-electron chi connectivity index (χ2n) is 6.37. The van der Waals surface area contributed by atoms with Crippen molar-refractivity contribution in [1.82, 2.24) is 9.88 Å². The highest BCUT2D eigenvalue weighted by atomic mass is 35.5. The van der Waals surface area contributed by atoms with Crippen LogP contribution in [-0.2, 0) is 0 Å². The fraction of sp³-hybridized carbons (Fsp3) is 0.444. The summed E-state index contributed by atoms with van der Waals surface area (Å²) >= 11 is 0. The van der Waals surface area contributed by atoms with Crippen molar-refractivity contribution in [2.45, 2.75) is 26.3 Å². The molecule has 0 atom stereocenters. The van der Waals surface area contributed by atoms with E-state index in [0.717, 1.165) is 25.9 Å². The first-order valence-corrected chi connectivity index (χ1v) is 8.13. The van der Waals surface area contributed by atoms with Crippen molar-refractivity contribution in [2.75, 3.05) is 31.1 Å². The van der Waals surface area contributed by atoms with Crippen molar-refractivity contribution in [3.8, 4) is 0 Å². The van der Waals surface area contributed by atoms with Gasteiger partial charge in [0.1, 0.15) is 11.4 Å². The van der Waals surface area contributed by atoms with Gasteiger partial charge in [-0.2, -0.15) is 0 Å². The molecule has 1 aliphatic heterocycles. The van der Waals surface area contributed by atoms with Gasteiger partial charge >= 0.3 is 5.97 Å². The Hall–Kier alpha value is -2.16. The van der Waals surface area contributed by atoms with Crippen LogP contribution in [0.5, 0.6) is 0 Å². The normalized spacial score (nSPS) is 16.1. The molecule has 7 nitrogen and oxygen atoms in total. The van der Waals surface area contributed by atoms with Crippen LogP contribution in [0.2, 0.25) is 0 Å². The van der Waals surface area contributed by atoms with Gasteiger partial charge in [-0.15, -0.1) is 12.4 Å². The molecule has 4 N–H and O–H groups in total. The van der Waals surface area contributed by atoms with Gasteiger partial charge in [-0.3, -0.25) is 4.79 Å². The van der Waals surface area contributed by atoms with E-state index in [4.69, 9.17) is 0 Å². The summed E-state index contributed by atoms with van der Waals surface area (Å²) in [4.78, 5) is 25.7. The monoisotopic (exact) mass is 401 g/mol. The largest absolute Gasteiger partial charge is 0.477 e. The van der Waals surface area contributed by atoms with E-state index >= 15 is 0 Å². The van der Waals surface area contributed by atoms with Gasteiger partial charge in [0.25, 0.3) is 0 Å². The lowest BCUT2D eigenvalue weighted by Gasteiger charge is -2.30. The van der Waals surface area contributed by atoms with Crippen molar-refractivity contribution in [2.24, 2.45) is 0 Å². The number of nitrogens with zero attached hydrogens (tertiary/aromatic N) is 2. The van der Waals surface area contributed by atoms with E-state index in [1.807, 2.05) is 9.47 Å². The maximum Gasteiger partial charge on any atom is 0.341 e.